The van der Waals surface area contributed by atoms with E-state index in [9.17, 15) is 14.4 Å². The number of benzene rings is 1. The second kappa shape index (κ2) is 6.64. The Morgan fingerprint density at radius 2 is 2.04 bits per heavy atom. The van der Waals surface area contributed by atoms with Gasteiger partial charge in [0.1, 0.15) is 0 Å². The number of nitrogens with one attached hydrogen (secondary N) is 1. The molecule has 1 aliphatic carbocycles. The molecule has 0 saturated heterocycles. The predicted octanol–water partition coefficient (Wildman–Crippen LogP) is 3.67. The van der Waals surface area contributed by atoms with Gasteiger partial charge in [-0.05, 0) is 37.5 Å². The molecule has 0 unspecified atom stereocenters. The van der Waals surface area contributed by atoms with Crippen molar-refractivity contribution in [2.45, 2.75) is 38.5 Å². The number of aromatic nitrogens is 1. The lowest BCUT2D eigenvalue weighted by molar-refractivity contribution is 0.0652. The lowest BCUT2D eigenvalue weighted by Gasteiger charge is -2.12. The molecule has 0 spiro atoms. The van der Waals surface area contributed by atoms with Crippen molar-refractivity contribution in [3.05, 3.63) is 46.0 Å². The zero-order chi connectivity index (χ0) is 18.3. The molecule has 2 aromatic rings. The first-order chi connectivity index (χ1) is 12.6. The van der Waals surface area contributed by atoms with Crippen molar-refractivity contribution in [3.8, 4) is 0 Å². The molecule has 1 aromatic heterocycles. The fourth-order valence-electron chi connectivity index (χ4n) is 3.03. The fourth-order valence-corrected chi connectivity index (χ4v) is 3.82. The van der Waals surface area contributed by atoms with Crippen molar-refractivity contribution < 1.29 is 14.4 Å². The second-order valence-corrected chi connectivity index (χ2v) is 7.54. The van der Waals surface area contributed by atoms with Crippen LogP contribution in [-0.4, -0.2) is 34.2 Å². The summed E-state index contributed by atoms with van der Waals surface area (Å²) in [5, 5.41) is 5.32. The number of amides is 3. The van der Waals surface area contributed by atoms with Gasteiger partial charge in [-0.1, -0.05) is 13.3 Å². The fraction of sp³-hybridized carbons (Fsp3) is 0.368. The Labute approximate surface area is 155 Å². The molecule has 0 atom stereocenters. The number of hydrogen-bond donors (Lipinski definition) is 1. The number of carbonyl (C=O) groups is 3. The van der Waals surface area contributed by atoms with Gasteiger partial charge in [0, 0.05) is 23.4 Å². The number of thiazole rings is 1. The first kappa shape index (κ1) is 16.9. The van der Waals surface area contributed by atoms with E-state index in [1.54, 1.807) is 12.1 Å². The van der Waals surface area contributed by atoms with Crippen LogP contribution in [0.2, 0.25) is 0 Å². The van der Waals surface area contributed by atoms with E-state index in [2.05, 4.69) is 10.3 Å². The molecule has 3 amide bonds. The number of rotatable bonds is 6. The van der Waals surface area contributed by atoms with Crippen molar-refractivity contribution in [1.82, 2.24) is 9.88 Å². The molecular weight excluding hydrogens is 350 g/mol. The maximum Gasteiger partial charge on any atom is 0.261 e. The van der Waals surface area contributed by atoms with Crippen molar-refractivity contribution in [1.29, 1.82) is 0 Å². The third kappa shape index (κ3) is 3.03. The molecule has 2 aliphatic rings. The molecule has 0 bridgehead atoms. The summed E-state index contributed by atoms with van der Waals surface area (Å²) in [5.74, 6) is -0.385. The van der Waals surface area contributed by atoms with E-state index in [-0.39, 0.29) is 17.7 Å². The first-order valence-electron chi connectivity index (χ1n) is 8.85. The Balaban J connectivity index is 1.52. The normalized spacial score (nSPS) is 16.1. The van der Waals surface area contributed by atoms with Gasteiger partial charge in [-0.3, -0.25) is 24.6 Å². The summed E-state index contributed by atoms with van der Waals surface area (Å²) in [6.07, 6.45) is 3.99. The number of imide groups is 1. The molecule has 1 N–H and O–H groups in total. The van der Waals surface area contributed by atoms with E-state index >= 15 is 0 Å². The van der Waals surface area contributed by atoms with Crippen LogP contribution in [0.25, 0.3) is 0 Å². The van der Waals surface area contributed by atoms with Gasteiger partial charge in [0.25, 0.3) is 17.7 Å². The average Bonchev–Trinajstić information content (AvgIpc) is 3.35. The van der Waals surface area contributed by atoms with Crippen molar-refractivity contribution in [2.75, 3.05) is 11.9 Å². The number of unbranched alkanes of at least 4 members (excludes halogenated alkanes) is 1. The molecule has 0 radical (unpaired) electrons. The quantitative estimate of drug-likeness (QED) is 0.788. The minimum Gasteiger partial charge on any atom is -0.298 e. The molecule has 2 heterocycles. The van der Waals surface area contributed by atoms with Gasteiger partial charge >= 0.3 is 0 Å². The Morgan fingerprint density at radius 3 is 2.77 bits per heavy atom. The molecule has 134 valence electrons. The first-order valence-corrected chi connectivity index (χ1v) is 9.73. The van der Waals surface area contributed by atoms with Crippen molar-refractivity contribution in [2.24, 2.45) is 0 Å². The topological polar surface area (TPSA) is 79.4 Å². The Hall–Kier alpha value is -2.54. The van der Waals surface area contributed by atoms with E-state index < -0.39 is 0 Å². The van der Waals surface area contributed by atoms with Crippen LogP contribution in [0.3, 0.4) is 0 Å². The maximum absolute atomic E-state index is 12.5. The lowest BCUT2D eigenvalue weighted by Crippen LogP contribution is -2.30. The number of hydrogen-bond acceptors (Lipinski definition) is 5. The summed E-state index contributed by atoms with van der Waals surface area (Å²) in [5.41, 5.74) is 2.06. The molecule has 4 rings (SSSR count). The smallest absolute Gasteiger partial charge is 0.261 e. The van der Waals surface area contributed by atoms with Gasteiger partial charge in [-0.2, -0.15) is 0 Å². The van der Waals surface area contributed by atoms with Crippen LogP contribution in [0, 0.1) is 0 Å². The van der Waals surface area contributed by atoms with Crippen LogP contribution < -0.4 is 5.32 Å². The third-order valence-electron chi connectivity index (χ3n) is 4.71. The van der Waals surface area contributed by atoms with Crippen LogP contribution in [0.1, 0.15) is 75.3 Å². The summed E-state index contributed by atoms with van der Waals surface area (Å²) in [4.78, 5) is 43.0. The van der Waals surface area contributed by atoms with Gasteiger partial charge in [0.15, 0.2) is 5.13 Å². The zero-order valence-corrected chi connectivity index (χ0v) is 15.3. The summed E-state index contributed by atoms with van der Waals surface area (Å²) in [6.45, 7) is 2.42. The number of nitrogens with zero attached hydrogens (tertiary/aromatic N) is 2. The van der Waals surface area contributed by atoms with Crippen LogP contribution in [0.5, 0.6) is 0 Å². The molecule has 1 aliphatic heterocycles. The van der Waals surface area contributed by atoms with E-state index in [1.165, 1.54) is 22.3 Å². The highest BCUT2D eigenvalue weighted by Crippen LogP contribution is 2.40. The lowest BCUT2D eigenvalue weighted by atomic mass is 10.1. The van der Waals surface area contributed by atoms with E-state index in [4.69, 9.17) is 0 Å². The van der Waals surface area contributed by atoms with Gasteiger partial charge in [0.2, 0.25) is 0 Å². The number of carbonyl (C=O) groups excluding carboxylic acids is 3. The third-order valence-corrected chi connectivity index (χ3v) is 5.48. The monoisotopic (exact) mass is 369 g/mol. The molecular formula is C19H19N3O3S. The molecule has 1 saturated carbocycles. The molecule has 1 fully saturated rings. The number of fused-ring (bicyclic) bond motifs is 1. The zero-order valence-electron chi connectivity index (χ0n) is 14.4. The van der Waals surface area contributed by atoms with Gasteiger partial charge in [-0.25, -0.2) is 4.98 Å². The average molecular weight is 369 g/mol. The summed E-state index contributed by atoms with van der Waals surface area (Å²) in [6, 6.07) is 4.65. The standard InChI is InChI=1S/C19H19N3O3S/c1-2-3-8-22-17(24)13-7-6-12(9-14(13)18(22)25)16(23)21-19-20-15(10-26-19)11-4-5-11/h6-7,9-11H,2-5,8H2,1H3,(H,20,21,23). The van der Waals surface area contributed by atoms with Crippen LogP contribution in [0.4, 0.5) is 5.13 Å². The minimum atomic E-state index is -0.322. The molecule has 6 nitrogen and oxygen atoms in total. The van der Waals surface area contributed by atoms with Gasteiger partial charge in [-0.15, -0.1) is 11.3 Å². The predicted molar refractivity (Wildman–Crippen MR) is 98.8 cm³/mol. The highest BCUT2D eigenvalue weighted by molar-refractivity contribution is 7.14. The second-order valence-electron chi connectivity index (χ2n) is 6.68. The van der Waals surface area contributed by atoms with Crippen LogP contribution in [-0.2, 0) is 0 Å². The molecule has 7 heteroatoms. The van der Waals surface area contributed by atoms with Gasteiger partial charge < -0.3 is 0 Å². The summed E-state index contributed by atoms with van der Waals surface area (Å²) >= 11 is 1.40. The van der Waals surface area contributed by atoms with Crippen LogP contribution >= 0.6 is 11.3 Å². The summed E-state index contributed by atoms with van der Waals surface area (Å²) < 4.78 is 0. The van der Waals surface area contributed by atoms with Gasteiger partial charge in [0.05, 0.1) is 16.8 Å². The van der Waals surface area contributed by atoms with E-state index in [0.29, 0.717) is 34.3 Å². The largest absolute Gasteiger partial charge is 0.298 e. The highest BCUT2D eigenvalue weighted by Gasteiger charge is 2.35. The van der Waals surface area contributed by atoms with E-state index in [0.717, 1.165) is 31.4 Å². The molecule has 1 aromatic carbocycles. The van der Waals surface area contributed by atoms with Crippen molar-refractivity contribution in [3.63, 3.8) is 0 Å². The molecule has 26 heavy (non-hydrogen) atoms. The van der Waals surface area contributed by atoms with Crippen molar-refractivity contribution >= 4 is 34.2 Å². The Bertz CT molecular complexity index is 901. The SMILES string of the molecule is CCCCN1C(=O)c2ccc(C(=O)Nc3nc(C4CC4)cs3)cc2C1=O. The summed E-state index contributed by atoms with van der Waals surface area (Å²) in [7, 11) is 0. The highest BCUT2D eigenvalue weighted by atomic mass is 32.1. The van der Waals surface area contributed by atoms with E-state index in [1.807, 2.05) is 12.3 Å². The number of anilines is 1. The maximum atomic E-state index is 12.5. The van der Waals surface area contributed by atoms with Crippen LogP contribution in [0.15, 0.2) is 23.6 Å². The Kier molecular flexibility index (Phi) is 4.32. The Morgan fingerprint density at radius 1 is 1.27 bits per heavy atom. The minimum absolute atomic E-state index is 0.278.